The molecule has 1 aromatic heterocycles. The fourth-order valence-electron chi connectivity index (χ4n) is 3.17. The van der Waals surface area contributed by atoms with Crippen LogP contribution in [0.25, 0.3) is 10.2 Å². The molecule has 0 fully saturated rings. The molecule has 2 aromatic carbocycles. The number of carbonyl (C=O) groups excluding carboxylic acids is 1. The number of rotatable bonds is 7. The van der Waals surface area contributed by atoms with Crippen LogP contribution in [0.3, 0.4) is 0 Å². The maximum Gasteiger partial charge on any atom is 0.231 e. The average Bonchev–Trinajstić information content (AvgIpc) is 3.30. The SMILES string of the molecule is CN(Cc1ccc2c(c1)OCO2)C(=O)CCCCc1nc2ccccc2s1. The van der Waals surface area contributed by atoms with E-state index in [-0.39, 0.29) is 12.7 Å². The topological polar surface area (TPSA) is 51.7 Å². The summed E-state index contributed by atoms with van der Waals surface area (Å²) in [5, 5.41) is 1.15. The third kappa shape index (κ3) is 4.22. The molecule has 6 heteroatoms. The number of nitrogens with zero attached hydrogens (tertiary/aromatic N) is 2. The first-order chi connectivity index (χ1) is 13.2. The first-order valence-electron chi connectivity index (χ1n) is 9.16. The summed E-state index contributed by atoms with van der Waals surface area (Å²) in [6.07, 6.45) is 3.34. The molecule has 2 heterocycles. The fraction of sp³-hybridized carbons (Fsp3) is 0.333. The molecule has 0 N–H and O–H groups in total. The van der Waals surface area contributed by atoms with Gasteiger partial charge in [0.2, 0.25) is 12.7 Å². The summed E-state index contributed by atoms with van der Waals surface area (Å²) in [4.78, 5) is 18.8. The number of amides is 1. The second kappa shape index (κ2) is 7.96. The van der Waals surface area contributed by atoms with E-state index >= 15 is 0 Å². The van der Waals surface area contributed by atoms with Crippen LogP contribution in [0.4, 0.5) is 0 Å². The standard InChI is InChI=1S/C21H22N2O3S/c1-23(13-15-10-11-17-18(12-15)26-14-25-17)21(24)9-5-4-8-20-22-16-6-2-3-7-19(16)27-20/h2-3,6-7,10-12H,4-5,8-9,13-14H2,1H3. The number of hydrogen-bond donors (Lipinski definition) is 0. The maximum absolute atomic E-state index is 12.4. The lowest BCUT2D eigenvalue weighted by Gasteiger charge is -2.17. The zero-order chi connectivity index (χ0) is 18.6. The summed E-state index contributed by atoms with van der Waals surface area (Å²) in [6, 6.07) is 14.0. The van der Waals surface area contributed by atoms with E-state index in [4.69, 9.17) is 9.47 Å². The van der Waals surface area contributed by atoms with Crippen LogP contribution in [0.5, 0.6) is 11.5 Å². The van der Waals surface area contributed by atoms with Gasteiger partial charge in [0.05, 0.1) is 15.2 Å². The van der Waals surface area contributed by atoms with Crippen LogP contribution in [0.1, 0.15) is 29.8 Å². The Hall–Kier alpha value is -2.60. The van der Waals surface area contributed by atoms with Crippen LogP contribution in [0, 0.1) is 0 Å². The van der Waals surface area contributed by atoms with Crippen molar-refractivity contribution in [3.63, 3.8) is 0 Å². The molecular weight excluding hydrogens is 360 g/mol. The van der Waals surface area contributed by atoms with Crippen molar-refractivity contribution in [3.05, 3.63) is 53.0 Å². The molecule has 5 nitrogen and oxygen atoms in total. The second-order valence-corrected chi connectivity index (χ2v) is 7.84. The highest BCUT2D eigenvalue weighted by molar-refractivity contribution is 7.18. The predicted octanol–water partition coefficient (Wildman–Crippen LogP) is 4.40. The molecule has 0 saturated carbocycles. The van der Waals surface area contributed by atoms with E-state index in [0.717, 1.165) is 46.8 Å². The Morgan fingerprint density at radius 3 is 2.89 bits per heavy atom. The van der Waals surface area contributed by atoms with E-state index < -0.39 is 0 Å². The van der Waals surface area contributed by atoms with Gasteiger partial charge in [-0.15, -0.1) is 11.3 Å². The zero-order valence-corrected chi connectivity index (χ0v) is 16.1. The average molecular weight is 382 g/mol. The number of aryl methyl sites for hydroxylation is 1. The monoisotopic (exact) mass is 382 g/mol. The van der Waals surface area contributed by atoms with Gasteiger partial charge < -0.3 is 14.4 Å². The molecule has 4 rings (SSSR count). The van der Waals surface area contributed by atoms with Crippen molar-refractivity contribution in [2.24, 2.45) is 0 Å². The van der Waals surface area contributed by atoms with Gasteiger partial charge in [-0.1, -0.05) is 18.2 Å². The van der Waals surface area contributed by atoms with Crippen molar-refractivity contribution in [1.29, 1.82) is 0 Å². The van der Waals surface area contributed by atoms with Crippen molar-refractivity contribution in [2.75, 3.05) is 13.8 Å². The summed E-state index contributed by atoms with van der Waals surface area (Å²) in [7, 11) is 1.85. The van der Waals surface area contributed by atoms with Gasteiger partial charge in [0.25, 0.3) is 0 Å². The highest BCUT2D eigenvalue weighted by Crippen LogP contribution is 2.32. The van der Waals surface area contributed by atoms with E-state index in [1.54, 1.807) is 16.2 Å². The molecule has 0 saturated heterocycles. The molecule has 0 spiro atoms. The van der Waals surface area contributed by atoms with Crippen LogP contribution in [0.15, 0.2) is 42.5 Å². The third-order valence-corrected chi connectivity index (χ3v) is 5.75. The number of unbranched alkanes of at least 4 members (excludes halogenated alkanes) is 1. The van der Waals surface area contributed by atoms with Crippen molar-refractivity contribution in [1.82, 2.24) is 9.88 Å². The van der Waals surface area contributed by atoms with Gasteiger partial charge in [-0.25, -0.2) is 4.98 Å². The number of para-hydroxylation sites is 1. The van der Waals surface area contributed by atoms with Crippen LogP contribution in [0.2, 0.25) is 0 Å². The number of ether oxygens (including phenoxy) is 2. The summed E-state index contributed by atoms with van der Waals surface area (Å²) in [6.45, 7) is 0.843. The molecule has 1 aliphatic rings. The maximum atomic E-state index is 12.4. The van der Waals surface area contributed by atoms with Gasteiger partial charge in [0.1, 0.15) is 0 Å². The van der Waals surface area contributed by atoms with Gasteiger partial charge in [0, 0.05) is 20.0 Å². The van der Waals surface area contributed by atoms with Crippen molar-refractivity contribution in [2.45, 2.75) is 32.2 Å². The van der Waals surface area contributed by atoms with Crippen molar-refractivity contribution in [3.8, 4) is 11.5 Å². The van der Waals surface area contributed by atoms with Crippen molar-refractivity contribution >= 4 is 27.5 Å². The molecule has 0 atom stereocenters. The van der Waals surface area contributed by atoms with Crippen LogP contribution in [-0.2, 0) is 17.8 Å². The number of carbonyl (C=O) groups is 1. The van der Waals surface area contributed by atoms with E-state index in [1.165, 1.54) is 4.70 Å². The molecule has 1 aliphatic heterocycles. The molecule has 140 valence electrons. The van der Waals surface area contributed by atoms with E-state index in [1.807, 2.05) is 43.4 Å². The molecule has 0 radical (unpaired) electrons. The summed E-state index contributed by atoms with van der Waals surface area (Å²) < 4.78 is 11.9. The molecular formula is C21H22N2O3S. The highest BCUT2D eigenvalue weighted by Gasteiger charge is 2.15. The van der Waals surface area contributed by atoms with Crippen LogP contribution < -0.4 is 9.47 Å². The van der Waals surface area contributed by atoms with E-state index in [9.17, 15) is 4.79 Å². The summed E-state index contributed by atoms with van der Waals surface area (Å²) >= 11 is 1.75. The fourth-order valence-corrected chi connectivity index (χ4v) is 4.18. The Bertz CT molecular complexity index is 921. The molecule has 1 amide bonds. The predicted molar refractivity (Wildman–Crippen MR) is 106 cm³/mol. The lowest BCUT2D eigenvalue weighted by Crippen LogP contribution is -2.25. The number of thiazole rings is 1. The summed E-state index contributed by atoms with van der Waals surface area (Å²) in [5.74, 6) is 1.68. The van der Waals surface area contributed by atoms with E-state index in [2.05, 4.69) is 11.1 Å². The lowest BCUT2D eigenvalue weighted by molar-refractivity contribution is -0.130. The van der Waals surface area contributed by atoms with Crippen LogP contribution >= 0.6 is 11.3 Å². The van der Waals surface area contributed by atoms with Gasteiger partial charge in [-0.3, -0.25) is 4.79 Å². The Labute approximate surface area is 162 Å². The number of hydrogen-bond acceptors (Lipinski definition) is 5. The van der Waals surface area contributed by atoms with Crippen LogP contribution in [-0.4, -0.2) is 29.6 Å². The molecule has 0 bridgehead atoms. The normalized spacial score (nSPS) is 12.5. The molecule has 3 aromatic rings. The minimum absolute atomic E-state index is 0.164. The zero-order valence-electron chi connectivity index (χ0n) is 15.3. The van der Waals surface area contributed by atoms with Gasteiger partial charge in [-0.05, 0) is 49.1 Å². The van der Waals surface area contributed by atoms with Crippen molar-refractivity contribution < 1.29 is 14.3 Å². The molecule has 0 unspecified atom stereocenters. The minimum atomic E-state index is 0.164. The largest absolute Gasteiger partial charge is 0.454 e. The highest BCUT2D eigenvalue weighted by atomic mass is 32.1. The summed E-state index contributed by atoms with van der Waals surface area (Å²) in [5.41, 5.74) is 2.11. The number of fused-ring (bicyclic) bond motifs is 2. The molecule has 0 aliphatic carbocycles. The Morgan fingerprint density at radius 1 is 1.15 bits per heavy atom. The number of aromatic nitrogens is 1. The first kappa shape index (κ1) is 17.8. The first-order valence-corrected chi connectivity index (χ1v) is 9.97. The van der Waals surface area contributed by atoms with Gasteiger partial charge >= 0.3 is 0 Å². The van der Waals surface area contributed by atoms with Gasteiger partial charge in [0.15, 0.2) is 11.5 Å². The van der Waals surface area contributed by atoms with Gasteiger partial charge in [-0.2, -0.15) is 0 Å². The Kier molecular flexibility index (Phi) is 5.25. The Balaban J connectivity index is 1.22. The minimum Gasteiger partial charge on any atom is -0.454 e. The molecule has 27 heavy (non-hydrogen) atoms. The Morgan fingerprint density at radius 2 is 2.00 bits per heavy atom. The number of benzene rings is 2. The second-order valence-electron chi connectivity index (χ2n) is 6.72. The lowest BCUT2D eigenvalue weighted by atomic mass is 10.1. The smallest absolute Gasteiger partial charge is 0.231 e. The van der Waals surface area contributed by atoms with E-state index in [0.29, 0.717) is 13.0 Å². The quantitative estimate of drug-likeness (QED) is 0.569. The third-order valence-electron chi connectivity index (χ3n) is 4.65.